The molecule has 0 aromatic carbocycles. The van der Waals surface area contributed by atoms with E-state index in [0.717, 1.165) is 6.92 Å². The number of ether oxygens (including phenoxy) is 1. The minimum Gasteiger partial charge on any atom is -0.391 e. The number of aldehydes is 1. The summed E-state index contributed by atoms with van der Waals surface area (Å²) in [7, 11) is 0. The molecule has 16 heavy (non-hydrogen) atoms. The Morgan fingerprint density at radius 1 is 1.12 bits per heavy atom. The molecule has 4 atom stereocenters. The van der Waals surface area contributed by atoms with Crippen molar-refractivity contribution in [2.45, 2.75) is 31.3 Å². The lowest BCUT2D eigenvalue weighted by molar-refractivity contribution is -0.175. The van der Waals surface area contributed by atoms with Crippen molar-refractivity contribution >= 4 is 18.2 Å². The second kappa shape index (κ2) is 6.28. The molecular formula is C8H12O8. The number of aliphatic hydroxyl groups is 4. The lowest BCUT2D eigenvalue weighted by Gasteiger charge is -2.22. The zero-order chi connectivity index (χ0) is 12.9. The monoisotopic (exact) mass is 236 g/mol. The van der Waals surface area contributed by atoms with Gasteiger partial charge >= 0.3 is 11.9 Å². The van der Waals surface area contributed by atoms with Crippen LogP contribution in [0.25, 0.3) is 0 Å². The molecule has 8 heteroatoms. The van der Waals surface area contributed by atoms with Gasteiger partial charge in [0.2, 0.25) is 0 Å². The molecule has 0 rings (SSSR count). The molecule has 0 saturated carbocycles. The number of hydrogen-bond donors (Lipinski definition) is 4. The van der Waals surface area contributed by atoms with Crippen molar-refractivity contribution < 1.29 is 39.5 Å². The summed E-state index contributed by atoms with van der Waals surface area (Å²) in [4.78, 5) is 31.3. The molecule has 0 aromatic rings. The van der Waals surface area contributed by atoms with Crippen molar-refractivity contribution in [2.24, 2.45) is 0 Å². The summed E-state index contributed by atoms with van der Waals surface area (Å²) in [6.07, 6.45) is -8.50. The Labute approximate surface area is 90.1 Å². The average molecular weight is 236 g/mol. The minimum absolute atomic E-state index is 0.0864. The van der Waals surface area contributed by atoms with Gasteiger partial charge < -0.3 is 30.0 Å². The molecule has 0 fully saturated rings. The zero-order valence-corrected chi connectivity index (χ0v) is 8.31. The van der Waals surface area contributed by atoms with Gasteiger partial charge in [0.25, 0.3) is 0 Å². The van der Waals surface area contributed by atoms with Gasteiger partial charge in [-0.25, -0.2) is 4.79 Å². The van der Waals surface area contributed by atoms with Gasteiger partial charge in [-0.15, -0.1) is 0 Å². The minimum atomic E-state index is -2.24. The maximum atomic E-state index is 10.9. The van der Waals surface area contributed by atoms with Crippen LogP contribution in [0.1, 0.15) is 6.92 Å². The third-order valence-corrected chi connectivity index (χ3v) is 1.65. The van der Waals surface area contributed by atoms with Crippen LogP contribution in [0.15, 0.2) is 0 Å². The molecule has 0 aromatic heterocycles. The van der Waals surface area contributed by atoms with Crippen LogP contribution in [0.5, 0.6) is 0 Å². The molecular weight excluding hydrogens is 224 g/mol. The fourth-order valence-corrected chi connectivity index (χ4v) is 0.811. The van der Waals surface area contributed by atoms with E-state index in [2.05, 4.69) is 4.74 Å². The Balaban J connectivity index is 4.47. The zero-order valence-electron chi connectivity index (χ0n) is 8.31. The summed E-state index contributed by atoms with van der Waals surface area (Å²) in [5, 5.41) is 36.1. The van der Waals surface area contributed by atoms with Crippen molar-refractivity contribution in [1.29, 1.82) is 0 Å². The lowest BCUT2D eigenvalue weighted by atomic mass is 10.0. The topological polar surface area (TPSA) is 141 Å². The first kappa shape index (κ1) is 14.6. The van der Waals surface area contributed by atoms with Crippen LogP contribution < -0.4 is 0 Å². The predicted molar refractivity (Wildman–Crippen MR) is 46.9 cm³/mol. The van der Waals surface area contributed by atoms with Gasteiger partial charge in [0.1, 0.15) is 18.3 Å². The Bertz CT molecular complexity index is 275. The molecule has 0 amide bonds. The van der Waals surface area contributed by atoms with E-state index in [1.165, 1.54) is 0 Å². The number of aliphatic hydroxyl groups excluding tert-OH is 4. The highest BCUT2D eigenvalue weighted by Gasteiger charge is 2.35. The van der Waals surface area contributed by atoms with Crippen LogP contribution in [-0.4, -0.2) is 63.1 Å². The Hall–Kier alpha value is -1.35. The van der Waals surface area contributed by atoms with E-state index in [1.54, 1.807) is 0 Å². The van der Waals surface area contributed by atoms with E-state index in [1.807, 2.05) is 0 Å². The largest absolute Gasteiger partial charge is 0.391 e. The lowest BCUT2D eigenvalue weighted by Crippen LogP contribution is -2.48. The van der Waals surface area contributed by atoms with Crippen LogP contribution in [0, 0.1) is 0 Å². The summed E-state index contributed by atoms with van der Waals surface area (Å²) in [6, 6.07) is 0. The van der Waals surface area contributed by atoms with Gasteiger partial charge in [-0.05, 0) is 0 Å². The smallest absolute Gasteiger partial charge is 0.345 e. The predicted octanol–water partition coefficient (Wildman–Crippen LogP) is -3.28. The summed E-state index contributed by atoms with van der Waals surface area (Å²) in [5.41, 5.74) is 0. The quantitative estimate of drug-likeness (QED) is 0.221. The fraction of sp³-hybridized carbons (Fsp3) is 0.625. The van der Waals surface area contributed by atoms with Gasteiger partial charge in [0.15, 0.2) is 12.4 Å². The molecule has 0 aliphatic rings. The first-order valence-electron chi connectivity index (χ1n) is 4.21. The molecule has 92 valence electrons. The van der Waals surface area contributed by atoms with Crippen molar-refractivity contribution in [3.63, 3.8) is 0 Å². The maximum Gasteiger partial charge on any atom is 0.345 e. The molecule has 0 bridgehead atoms. The second-order valence-electron chi connectivity index (χ2n) is 2.97. The molecule has 0 aliphatic heterocycles. The molecule has 0 spiro atoms. The Kier molecular flexibility index (Phi) is 5.75. The summed E-state index contributed by atoms with van der Waals surface area (Å²) in [6.45, 7) is 0.897. The third kappa shape index (κ3) is 4.03. The first-order valence-corrected chi connectivity index (χ1v) is 4.21. The van der Waals surface area contributed by atoms with E-state index >= 15 is 0 Å². The standard InChI is InChI=1S/C8H12O8/c1-3(10)16-8(15)7(14)6(13)5(12)4(11)2-9/h2,4-7,11-14H,1H3/t4-,5+,6+,7-/m0/s1. The molecule has 4 N–H and O–H groups in total. The number of hydrogen-bond acceptors (Lipinski definition) is 8. The summed E-state index contributed by atoms with van der Waals surface area (Å²) >= 11 is 0. The van der Waals surface area contributed by atoms with E-state index in [0.29, 0.717) is 0 Å². The number of esters is 2. The van der Waals surface area contributed by atoms with Crippen LogP contribution in [0.4, 0.5) is 0 Å². The molecule has 0 saturated heterocycles. The van der Waals surface area contributed by atoms with Gasteiger partial charge in [-0.1, -0.05) is 0 Å². The van der Waals surface area contributed by atoms with Crippen LogP contribution in [0.2, 0.25) is 0 Å². The maximum absolute atomic E-state index is 10.9. The van der Waals surface area contributed by atoms with Crippen molar-refractivity contribution in [3.8, 4) is 0 Å². The number of carbonyl (C=O) groups is 3. The number of rotatable bonds is 5. The highest BCUT2D eigenvalue weighted by atomic mass is 16.6. The van der Waals surface area contributed by atoms with Crippen LogP contribution in [0.3, 0.4) is 0 Å². The van der Waals surface area contributed by atoms with Crippen molar-refractivity contribution in [3.05, 3.63) is 0 Å². The van der Waals surface area contributed by atoms with E-state index in [-0.39, 0.29) is 6.29 Å². The summed E-state index contributed by atoms with van der Waals surface area (Å²) in [5.74, 6) is -2.50. The summed E-state index contributed by atoms with van der Waals surface area (Å²) < 4.78 is 3.93. The van der Waals surface area contributed by atoms with E-state index in [9.17, 15) is 14.4 Å². The highest BCUT2D eigenvalue weighted by molar-refractivity contribution is 5.87. The normalized spacial score (nSPS) is 18.1. The Morgan fingerprint density at radius 3 is 2.00 bits per heavy atom. The first-order chi connectivity index (χ1) is 7.31. The van der Waals surface area contributed by atoms with E-state index < -0.39 is 36.4 Å². The SMILES string of the molecule is CC(=O)OC(=O)[C@@H](O)[C@H](O)[C@H](O)[C@@H](O)C=O. The van der Waals surface area contributed by atoms with Crippen LogP contribution >= 0.6 is 0 Å². The van der Waals surface area contributed by atoms with Crippen molar-refractivity contribution in [1.82, 2.24) is 0 Å². The Morgan fingerprint density at radius 2 is 1.62 bits per heavy atom. The molecule has 0 unspecified atom stereocenters. The molecule has 8 nitrogen and oxygen atoms in total. The van der Waals surface area contributed by atoms with Gasteiger partial charge in [-0.3, -0.25) is 4.79 Å². The van der Waals surface area contributed by atoms with Gasteiger partial charge in [-0.2, -0.15) is 0 Å². The number of carbonyl (C=O) groups excluding carboxylic acids is 3. The average Bonchev–Trinajstić information content (AvgIpc) is 2.23. The molecule has 0 heterocycles. The second-order valence-corrected chi connectivity index (χ2v) is 2.97. The molecule has 0 aliphatic carbocycles. The van der Waals surface area contributed by atoms with Gasteiger partial charge in [0, 0.05) is 6.92 Å². The highest BCUT2D eigenvalue weighted by Crippen LogP contribution is 2.05. The van der Waals surface area contributed by atoms with Crippen molar-refractivity contribution in [2.75, 3.05) is 0 Å². The molecule has 0 radical (unpaired) electrons. The third-order valence-electron chi connectivity index (χ3n) is 1.65. The van der Waals surface area contributed by atoms with Crippen LogP contribution in [-0.2, 0) is 19.1 Å². The van der Waals surface area contributed by atoms with Gasteiger partial charge in [0.05, 0.1) is 0 Å². The van der Waals surface area contributed by atoms with E-state index in [4.69, 9.17) is 20.4 Å². The fourth-order valence-electron chi connectivity index (χ4n) is 0.811.